The fraction of sp³-hybridized carbons (Fsp3) is 0.300. The van der Waals surface area contributed by atoms with Crippen molar-refractivity contribution in [3.8, 4) is 0 Å². The smallest absolute Gasteiger partial charge is 0.376 e. The van der Waals surface area contributed by atoms with Crippen molar-refractivity contribution in [3.63, 3.8) is 0 Å². The predicted molar refractivity (Wildman–Crippen MR) is 100 cm³/mol. The average molecular weight is 409 g/mol. The number of nitrogens with zero attached hydrogens (tertiary/aromatic N) is 1. The van der Waals surface area contributed by atoms with Crippen LogP contribution < -0.4 is 10.6 Å². The second-order valence-electron chi connectivity index (χ2n) is 6.49. The zero-order valence-electron chi connectivity index (χ0n) is 15.3. The van der Waals surface area contributed by atoms with E-state index in [9.17, 15) is 22.4 Å². The lowest BCUT2D eigenvalue weighted by atomic mass is 10.1. The van der Waals surface area contributed by atoms with Gasteiger partial charge >= 0.3 is 6.18 Å². The third-order valence-electron chi connectivity index (χ3n) is 4.27. The first kappa shape index (κ1) is 20.8. The highest BCUT2D eigenvalue weighted by molar-refractivity contribution is 6.09. The van der Waals surface area contributed by atoms with Crippen molar-refractivity contribution >= 4 is 17.6 Å². The number of ether oxygens (including phenoxy) is 1. The molecule has 1 fully saturated rings. The van der Waals surface area contributed by atoms with Gasteiger partial charge in [-0.3, -0.25) is 10.1 Å². The predicted octanol–water partition coefficient (Wildman–Crippen LogP) is 4.22. The lowest BCUT2D eigenvalue weighted by Gasteiger charge is -2.14. The maximum Gasteiger partial charge on any atom is 0.416 e. The Morgan fingerprint density at radius 3 is 2.55 bits per heavy atom. The number of carbonyl (C=O) groups excluding carboxylic acids is 1. The molecule has 29 heavy (non-hydrogen) atoms. The van der Waals surface area contributed by atoms with Crippen molar-refractivity contribution in [2.45, 2.75) is 25.1 Å². The highest BCUT2D eigenvalue weighted by Crippen LogP contribution is 2.29. The van der Waals surface area contributed by atoms with E-state index in [0.717, 1.165) is 37.1 Å². The number of rotatable bonds is 4. The first-order chi connectivity index (χ1) is 13.8. The average Bonchev–Trinajstić information content (AvgIpc) is 3.19. The molecule has 1 saturated heterocycles. The van der Waals surface area contributed by atoms with Crippen LogP contribution >= 0.6 is 0 Å². The van der Waals surface area contributed by atoms with Gasteiger partial charge in [-0.2, -0.15) is 13.2 Å². The van der Waals surface area contributed by atoms with Gasteiger partial charge in [0, 0.05) is 17.9 Å². The van der Waals surface area contributed by atoms with Gasteiger partial charge in [0.15, 0.2) is 0 Å². The summed E-state index contributed by atoms with van der Waals surface area (Å²) in [5.74, 6) is -1.06. The number of nitrogens with one attached hydrogen (secondary N) is 2. The van der Waals surface area contributed by atoms with E-state index < -0.39 is 23.5 Å². The second-order valence-corrected chi connectivity index (χ2v) is 6.49. The van der Waals surface area contributed by atoms with Crippen molar-refractivity contribution in [2.75, 3.05) is 18.5 Å². The van der Waals surface area contributed by atoms with Crippen molar-refractivity contribution in [1.82, 2.24) is 5.32 Å². The molecule has 0 aliphatic carbocycles. The van der Waals surface area contributed by atoms with Crippen LogP contribution in [-0.4, -0.2) is 31.1 Å². The molecule has 2 N–H and O–H groups in total. The third kappa shape index (κ3) is 6.02. The standard InChI is InChI=1S/C20H19F4N3O2/c21-15-3-1-4-16(11-15)26-19(25-12-17-5-2-10-29-17)27-18(28)13-6-8-14(9-7-13)20(22,23)24/h1,3-4,6-9,11,17H,2,5,10,12H2,(H2,25,26,27,28). The SMILES string of the molecule is O=C(NC(=NCC1CCCO1)Nc1cccc(F)c1)c1ccc(C(F)(F)F)cc1. The van der Waals surface area contributed by atoms with Crippen LogP contribution in [0.2, 0.25) is 0 Å². The van der Waals surface area contributed by atoms with Crippen LogP contribution in [-0.2, 0) is 10.9 Å². The van der Waals surface area contributed by atoms with Crippen LogP contribution in [0.25, 0.3) is 0 Å². The molecule has 0 radical (unpaired) electrons. The molecule has 5 nitrogen and oxygen atoms in total. The van der Waals surface area contributed by atoms with Crippen molar-refractivity contribution in [1.29, 1.82) is 0 Å². The number of guanidine groups is 1. The van der Waals surface area contributed by atoms with E-state index >= 15 is 0 Å². The molecule has 1 unspecified atom stereocenters. The summed E-state index contributed by atoms with van der Waals surface area (Å²) in [6.45, 7) is 0.926. The van der Waals surface area contributed by atoms with E-state index in [4.69, 9.17) is 4.74 Å². The zero-order chi connectivity index (χ0) is 20.9. The lowest BCUT2D eigenvalue weighted by Crippen LogP contribution is -2.36. The van der Waals surface area contributed by atoms with E-state index in [1.807, 2.05) is 0 Å². The molecule has 0 aromatic heterocycles. The maximum absolute atomic E-state index is 13.4. The van der Waals surface area contributed by atoms with Crippen LogP contribution in [0.15, 0.2) is 53.5 Å². The first-order valence-corrected chi connectivity index (χ1v) is 8.98. The fourth-order valence-corrected chi connectivity index (χ4v) is 2.78. The second kappa shape index (κ2) is 9.04. The van der Waals surface area contributed by atoms with Gasteiger partial charge < -0.3 is 10.1 Å². The summed E-state index contributed by atoms with van der Waals surface area (Å²) in [5.41, 5.74) is -0.452. The summed E-state index contributed by atoms with van der Waals surface area (Å²) in [5, 5.41) is 5.35. The zero-order valence-corrected chi connectivity index (χ0v) is 15.3. The van der Waals surface area contributed by atoms with E-state index in [1.54, 1.807) is 6.07 Å². The Morgan fingerprint density at radius 2 is 1.93 bits per heavy atom. The fourth-order valence-electron chi connectivity index (χ4n) is 2.78. The van der Waals surface area contributed by atoms with Crippen LogP contribution in [0.4, 0.5) is 23.2 Å². The number of anilines is 1. The summed E-state index contributed by atoms with van der Waals surface area (Å²) in [6, 6.07) is 9.41. The van der Waals surface area contributed by atoms with E-state index in [2.05, 4.69) is 15.6 Å². The molecule has 0 spiro atoms. The monoisotopic (exact) mass is 409 g/mol. The summed E-state index contributed by atoms with van der Waals surface area (Å²) in [7, 11) is 0. The molecule has 2 aromatic carbocycles. The van der Waals surface area contributed by atoms with E-state index in [1.165, 1.54) is 18.2 Å². The molecule has 1 heterocycles. The Kier molecular flexibility index (Phi) is 6.48. The molecular formula is C20H19F4N3O2. The van der Waals surface area contributed by atoms with Crippen LogP contribution in [0, 0.1) is 5.82 Å². The molecule has 1 amide bonds. The first-order valence-electron chi connectivity index (χ1n) is 8.98. The van der Waals surface area contributed by atoms with Gasteiger partial charge in [-0.05, 0) is 55.3 Å². The Hall–Kier alpha value is -2.94. The van der Waals surface area contributed by atoms with E-state index in [0.29, 0.717) is 12.3 Å². The minimum atomic E-state index is -4.48. The van der Waals surface area contributed by atoms with Crippen LogP contribution in [0.1, 0.15) is 28.8 Å². The molecule has 0 saturated carbocycles. The minimum Gasteiger partial charge on any atom is -0.376 e. The minimum absolute atomic E-state index is 0.0314. The number of benzene rings is 2. The van der Waals surface area contributed by atoms with Gasteiger partial charge in [0.25, 0.3) is 5.91 Å². The van der Waals surface area contributed by atoms with Gasteiger partial charge in [0.05, 0.1) is 18.2 Å². The third-order valence-corrected chi connectivity index (χ3v) is 4.27. The quantitative estimate of drug-likeness (QED) is 0.452. The summed E-state index contributed by atoms with van der Waals surface area (Å²) < 4.78 is 57.0. The van der Waals surface area contributed by atoms with Gasteiger partial charge in [0.1, 0.15) is 5.82 Å². The summed E-state index contributed by atoms with van der Waals surface area (Å²) >= 11 is 0. The molecule has 1 atom stereocenters. The van der Waals surface area contributed by atoms with Gasteiger partial charge in [-0.1, -0.05) is 6.07 Å². The van der Waals surface area contributed by atoms with E-state index in [-0.39, 0.29) is 24.2 Å². The molecule has 1 aliphatic heterocycles. The largest absolute Gasteiger partial charge is 0.416 e. The number of hydrogen-bond donors (Lipinski definition) is 2. The van der Waals surface area contributed by atoms with Gasteiger partial charge in [-0.15, -0.1) is 0 Å². The number of amides is 1. The van der Waals surface area contributed by atoms with Crippen molar-refractivity contribution in [3.05, 3.63) is 65.5 Å². The highest BCUT2D eigenvalue weighted by Gasteiger charge is 2.30. The van der Waals surface area contributed by atoms with Crippen molar-refractivity contribution in [2.24, 2.45) is 4.99 Å². The molecule has 1 aliphatic rings. The molecule has 3 rings (SSSR count). The number of aliphatic imine (C=N–C) groups is 1. The van der Waals surface area contributed by atoms with Crippen LogP contribution in [0.3, 0.4) is 0 Å². The molecule has 154 valence electrons. The number of carbonyl (C=O) groups is 1. The Labute approximate surface area is 164 Å². The molecule has 0 bridgehead atoms. The molecule has 9 heteroatoms. The number of alkyl halides is 3. The normalized spacial score (nSPS) is 17.2. The van der Waals surface area contributed by atoms with Gasteiger partial charge in [-0.25, -0.2) is 9.38 Å². The topological polar surface area (TPSA) is 62.7 Å². The highest BCUT2D eigenvalue weighted by atomic mass is 19.4. The Bertz CT molecular complexity index is 876. The summed E-state index contributed by atoms with van der Waals surface area (Å²) in [6.07, 6.45) is -2.81. The number of halogens is 4. The Morgan fingerprint density at radius 1 is 1.17 bits per heavy atom. The van der Waals surface area contributed by atoms with Gasteiger partial charge in [0.2, 0.25) is 5.96 Å². The number of hydrogen-bond acceptors (Lipinski definition) is 3. The lowest BCUT2D eigenvalue weighted by molar-refractivity contribution is -0.137. The maximum atomic E-state index is 13.4. The molecular weight excluding hydrogens is 390 g/mol. The van der Waals surface area contributed by atoms with Crippen molar-refractivity contribution < 1.29 is 27.1 Å². The van der Waals surface area contributed by atoms with Crippen LogP contribution in [0.5, 0.6) is 0 Å². The Balaban J connectivity index is 1.74. The summed E-state index contributed by atoms with van der Waals surface area (Å²) in [4.78, 5) is 16.7. The molecule has 2 aromatic rings.